The van der Waals surface area contributed by atoms with Crippen molar-refractivity contribution in [3.63, 3.8) is 0 Å². The van der Waals surface area contributed by atoms with Crippen molar-refractivity contribution in [2.45, 2.75) is 19.9 Å². The molecular formula is C10H12N2O2S. The Hall–Kier alpha value is -1.36. The smallest absolute Gasteiger partial charge is 0.324 e. The second-order valence-corrected chi connectivity index (χ2v) is 4.36. The van der Waals surface area contributed by atoms with Crippen LogP contribution in [0.4, 0.5) is 4.79 Å². The molecule has 0 bridgehead atoms. The number of nitrogens with zero attached hydrogens (tertiary/aromatic N) is 1. The zero-order valence-electron chi connectivity index (χ0n) is 8.45. The minimum absolute atomic E-state index is 0.131. The number of thiophene rings is 1. The maximum atomic E-state index is 11.4. The highest BCUT2D eigenvalue weighted by molar-refractivity contribution is 7.10. The predicted octanol–water partition coefficient (Wildman–Crippen LogP) is 1.36. The fourth-order valence-electron chi connectivity index (χ4n) is 1.58. The van der Waals surface area contributed by atoms with Gasteiger partial charge in [0.1, 0.15) is 0 Å². The highest BCUT2D eigenvalue weighted by Crippen LogP contribution is 2.20. The third-order valence-corrected chi connectivity index (χ3v) is 3.41. The Bertz CT molecular complexity index is 384. The molecule has 0 aliphatic carbocycles. The molecule has 0 unspecified atom stereocenters. The molecule has 1 aromatic heterocycles. The van der Waals surface area contributed by atoms with Gasteiger partial charge in [-0.15, -0.1) is 11.3 Å². The van der Waals surface area contributed by atoms with E-state index in [1.54, 1.807) is 11.3 Å². The summed E-state index contributed by atoms with van der Waals surface area (Å²) >= 11 is 1.59. The standard InChI is InChI=1S/C10H12N2O2S/c1-2-7-3-4-15-8(7)6-12-9(13)5-11-10(12)14/h3-4H,2,5-6H2,1H3,(H,11,14). The van der Waals surface area contributed by atoms with E-state index < -0.39 is 0 Å². The van der Waals surface area contributed by atoms with Gasteiger partial charge in [0.15, 0.2) is 0 Å². The quantitative estimate of drug-likeness (QED) is 0.788. The molecule has 2 rings (SSSR count). The number of urea groups is 1. The number of nitrogens with one attached hydrogen (secondary N) is 1. The molecule has 5 heteroatoms. The Morgan fingerprint density at radius 1 is 1.53 bits per heavy atom. The SMILES string of the molecule is CCc1ccsc1CN1C(=O)CNC1=O. The van der Waals surface area contributed by atoms with Gasteiger partial charge in [-0.3, -0.25) is 9.69 Å². The lowest BCUT2D eigenvalue weighted by Gasteiger charge is -2.11. The van der Waals surface area contributed by atoms with E-state index in [2.05, 4.69) is 12.2 Å². The van der Waals surface area contributed by atoms with Gasteiger partial charge in [-0.1, -0.05) is 6.92 Å². The van der Waals surface area contributed by atoms with E-state index in [1.807, 2.05) is 11.4 Å². The molecule has 1 N–H and O–H groups in total. The van der Waals surface area contributed by atoms with E-state index in [4.69, 9.17) is 0 Å². The van der Waals surface area contributed by atoms with Crippen LogP contribution in [-0.4, -0.2) is 23.4 Å². The van der Waals surface area contributed by atoms with Gasteiger partial charge in [-0.2, -0.15) is 0 Å². The molecule has 1 aromatic rings. The molecule has 4 nitrogen and oxygen atoms in total. The largest absolute Gasteiger partial charge is 0.329 e. The fraction of sp³-hybridized carbons (Fsp3) is 0.400. The van der Waals surface area contributed by atoms with E-state index in [1.165, 1.54) is 10.5 Å². The summed E-state index contributed by atoms with van der Waals surface area (Å²) in [5.41, 5.74) is 1.22. The van der Waals surface area contributed by atoms with Gasteiger partial charge in [0.05, 0.1) is 13.1 Å². The highest BCUT2D eigenvalue weighted by atomic mass is 32.1. The van der Waals surface area contributed by atoms with E-state index in [0.29, 0.717) is 6.54 Å². The number of hydrogen-bond donors (Lipinski definition) is 1. The monoisotopic (exact) mass is 224 g/mol. The predicted molar refractivity (Wildman–Crippen MR) is 57.6 cm³/mol. The molecule has 2 heterocycles. The third kappa shape index (κ3) is 1.87. The van der Waals surface area contributed by atoms with Gasteiger partial charge < -0.3 is 5.32 Å². The topological polar surface area (TPSA) is 49.4 Å². The average Bonchev–Trinajstić information content (AvgIpc) is 2.79. The number of hydrogen-bond acceptors (Lipinski definition) is 3. The molecule has 1 saturated heterocycles. The normalized spacial score (nSPS) is 15.9. The van der Waals surface area contributed by atoms with Gasteiger partial charge in [0.25, 0.3) is 0 Å². The van der Waals surface area contributed by atoms with Crippen LogP contribution in [0.2, 0.25) is 0 Å². The molecular weight excluding hydrogens is 212 g/mol. The van der Waals surface area contributed by atoms with Crippen molar-refractivity contribution >= 4 is 23.3 Å². The molecule has 15 heavy (non-hydrogen) atoms. The van der Waals surface area contributed by atoms with Crippen molar-refractivity contribution < 1.29 is 9.59 Å². The maximum absolute atomic E-state index is 11.4. The Morgan fingerprint density at radius 2 is 2.33 bits per heavy atom. The molecule has 0 atom stereocenters. The summed E-state index contributed by atoms with van der Waals surface area (Å²) in [6, 6.07) is 1.76. The number of aryl methyl sites for hydroxylation is 1. The van der Waals surface area contributed by atoms with Crippen LogP contribution in [0.15, 0.2) is 11.4 Å². The first-order valence-electron chi connectivity index (χ1n) is 4.85. The van der Waals surface area contributed by atoms with Crippen LogP contribution in [0.5, 0.6) is 0 Å². The van der Waals surface area contributed by atoms with Crippen LogP contribution in [-0.2, 0) is 17.8 Å². The van der Waals surface area contributed by atoms with Crippen LogP contribution < -0.4 is 5.32 Å². The average molecular weight is 224 g/mol. The number of amides is 3. The number of imide groups is 1. The maximum Gasteiger partial charge on any atom is 0.324 e. The number of carbonyl (C=O) groups is 2. The van der Waals surface area contributed by atoms with Crippen LogP contribution in [0, 0.1) is 0 Å². The minimum atomic E-state index is -0.282. The lowest BCUT2D eigenvalue weighted by Crippen LogP contribution is -2.30. The van der Waals surface area contributed by atoms with E-state index in [0.717, 1.165) is 11.3 Å². The summed E-state index contributed by atoms with van der Waals surface area (Å²) in [6.45, 7) is 2.61. The molecule has 80 valence electrons. The van der Waals surface area contributed by atoms with Gasteiger partial charge in [-0.05, 0) is 23.4 Å². The first-order valence-corrected chi connectivity index (χ1v) is 5.73. The van der Waals surface area contributed by atoms with Crippen molar-refractivity contribution in [1.29, 1.82) is 0 Å². The van der Waals surface area contributed by atoms with Gasteiger partial charge in [0, 0.05) is 4.88 Å². The molecule has 1 aliphatic heterocycles. The first-order chi connectivity index (χ1) is 7.22. The summed E-state index contributed by atoms with van der Waals surface area (Å²) in [4.78, 5) is 25.0. The zero-order valence-corrected chi connectivity index (χ0v) is 9.26. The Labute approximate surface area is 91.9 Å². The second kappa shape index (κ2) is 4.02. The van der Waals surface area contributed by atoms with E-state index in [9.17, 15) is 9.59 Å². The summed E-state index contributed by atoms with van der Waals surface area (Å²) in [7, 11) is 0. The molecule has 0 saturated carbocycles. The van der Waals surface area contributed by atoms with Crippen molar-refractivity contribution in [1.82, 2.24) is 10.2 Å². The Kier molecular flexibility index (Phi) is 2.73. The van der Waals surface area contributed by atoms with Gasteiger partial charge in [0.2, 0.25) is 5.91 Å². The fourth-order valence-corrected chi connectivity index (χ4v) is 2.54. The summed E-state index contributed by atoms with van der Waals surface area (Å²) in [5, 5.41) is 4.50. The molecule has 3 amide bonds. The molecule has 1 aliphatic rings. The summed E-state index contributed by atoms with van der Waals surface area (Å²) in [5.74, 6) is -0.143. The van der Waals surface area contributed by atoms with Crippen LogP contribution >= 0.6 is 11.3 Å². The lowest BCUT2D eigenvalue weighted by molar-refractivity contribution is -0.125. The van der Waals surface area contributed by atoms with E-state index in [-0.39, 0.29) is 18.5 Å². The summed E-state index contributed by atoms with van der Waals surface area (Å²) in [6.07, 6.45) is 0.933. The van der Waals surface area contributed by atoms with Crippen LogP contribution in [0.3, 0.4) is 0 Å². The van der Waals surface area contributed by atoms with Crippen LogP contribution in [0.1, 0.15) is 17.4 Å². The van der Waals surface area contributed by atoms with Crippen molar-refractivity contribution in [2.75, 3.05) is 6.54 Å². The number of rotatable bonds is 3. The van der Waals surface area contributed by atoms with Crippen LogP contribution in [0.25, 0.3) is 0 Å². The van der Waals surface area contributed by atoms with Crippen molar-refractivity contribution in [3.05, 3.63) is 21.9 Å². The second-order valence-electron chi connectivity index (χ2n) is 3.36. The Balaban J connectivity index is 2.14. The van der Waals surface area contributed by atoms with Crippen molar-refractivity contribution in [2.24, 2.45) is 0 Å². The molecule has 1 fully saturated rings. The number of carbonyl (C=O) groups excluding carboxylic acids is 2. The molecule has 0 radical (unpaired) electrons. The van der Waals surface area contributed by atoms with Crippen molar-refractivity contribution in [3.8, 4) is 0 Å². The van der Waals surface area contributed by atoms with Gasteiger partial charge >= 0.3 is 6.03 Å². The van der Waals surface area contributed by atoms with E-state index >= 15 is 0 Å². The minimum Gasteiger partial charge on any atom is -0.329 e. The van der Waals surface area contributed by atoms with Gasteiger partial charge in [-0.25, -0.2) is 4.79 Å². The third-order valence-electron chi connectivity index (χ3n) is 2.46. The lowest BCUT2D eigenvalue weighted by atomic mass is 10.2. The summed E-state index contributed by atoms with van der Waals surface area (Å²) < 4.78 is 0. The Morgan fingerprint density at radius 3 is 2.93 bits per heavy atom. The zero-order chi connectivity index (χ0) is 10.8. The highest BCUT2D eigenvalue weighted by Gasteiger charge is 2.28. The molecule has 0 spiro atoms. The first kappa shape index (κ1) is 10.2. The molecule has 0 aromatic carbocycles.